The van der Waals surface area contributed by atoms with Gasteiger partial charge in [-0.05, 0) is 29.8 Å². The van der Waals surface area contributed by atoms with Crippen LogP contribution in [0.2, 0.25) is 0 Å². The molecular weight excluding hydrogens is 271 g/mol. The van der Waals surface area contributed by atoms with E-state index in [1.165, 1.54) is 18.5 Å². The maximum Gasteiger partial charge on any atom is 0.341 e. The minimum Gasteiger partial charge on any atom is -0.423 e. The van der Waals surface area contributed by atoms with Crippen molar-refractivity contribution in [2.45, 2.75) is 6.54 Å². The molecule has 0 aliphatic heterocycles. The van der Waals surface area contributed by atoms with E-state index in [9.17, 15) is 4.39 Å². The summed E-state index contributed by atoms with van der Waals surface area (Å²) < 4.78 is 20.5. The fourth-order valence-electron chi connectivity index (χ4n) is 1.90. The van der Waals surface area contributed by atoms with Gasteiger partial charge in [-0.1, -0.05) is 18.2 Å². The Kier molecular flexibility index (Phi) is 3.61. The van der Waals surface area contributed by atoms with Crippen molar-refractivity contribution in [1.82, 2.24) is 14.8 Å². The molecule has 1 heterocycles. The number of nitrogens with zero attached hydrogens (tertiary/aromatic N) is 3. The predicted octanol–water partition coefficient (Wildman–Crippen LogP) is 2.66. The Hall–Kier alpha value is -2.73. The molecule has 0 saturated heterocycles. The molecule has 2 N–H and O–H groups in total. The highest BCUT2D eigenvalue weighted by Gasteiger charge is 2.07. The molecule has 0 unspecified atom stereocenters. The van der Waals surface area contributed by atoms with Crippen LogP contribution in [0.5, 0.6) is 11.8 Å². The maximum absolute atomic E-state index is 13.4. The summed E-state index contributed by atoms with van der Waals surface area (Å²) in [4.78, 5) is 4.05. The average molecular weight is 284 g/mol. The van der Waals surface area contributed by atoms with Crippen LogP contribution in [-0.4, -0.2) is 14.8 Å². The van der Waals surface area contributed by atoms with Gasteiger partial charge in [-0.15, -0.1) is 5.10 Å². The first-order valence-corrected chi connectivity index (χ1v) is 6.39. The Morgan fingerprint density at radius 3 is 2.71 bits per heavy atom. The first-order valence-electron chi connectivity index (χ1n) is 6.39. The van der Waals surface area contributed by atoms with Gasteiger partial charge < -0.3 is 10.5 Å². The van der Waals surface area contributed by atoms with Gasteiger partial charge in [-0.25, -0.2) is 9.07 Å². The molecular formula is C15H13FN4O. The Balaban J connectivity index is 1.83. The maximum atomic E-state index is 13.4. The Morgan fingerprint density at radius 2 is 1.95 bits per heavy atom. The highest BCUT2D eigenvalue weighted by atomic mass is 19.1. The van der Waals surface area contributed by atoms with Crippen LogP contribution in [0, 0.1) is 5.82 Å². The topological polar surface area (TPSA) is 66.0 Å². The number of rotatable bonds is 4. The van der Waals surface area contributed by atoms with Crippen LogP contribution in [0.1, 0.15) is 5.56 Å². The summed E-state index contributed by atoms with van der Waals surface area (Å²) in [5.74, 6) is -0.0864. The molecule has 0 radical (unpaired) electrons. The normalized spacial score (nSPS) is 10.6. The third-order valence-corrected chi connectivity index (χ3v) is 2.87. The van der Waals surface area contributed by atoms with Crippen molar-refractivity contribution in [2.75, 3.05) is 0 Å². The predicted molar refractivity (Wildman–Crippen MR) is 75.7 cm³/mol. The highest BCUT2D eigenvalue weighted by Crippen LogP contribution is 2.21. The molecule has 1 aromatic heterocycles. The Labute approximate surface area is 120 Å². The zero-order valence-electron chi connectivity index (χ0n) is 11.1. The lowest BCUT2D eigenvalue weighted by molar-refractivity contribution is 0.437. The Bertz CT molecular complexity index is 742. The molecule has 21 heavy (non-hydrogen) atoms. The molecule has 0 spiro atoms. The minimum atomic E-state index is -0.407. The van der Waals surface area contributed by atoms with E-state index in [0.29, 0.717) is 11.3 Å². The number of aromatic nitrogens is 3. The molecule has 5 nitrogen and oxygen atoms in total. The van der Waals surface area contributed by atoms with Crippen LogP contribution in [0.25, 0.3) is 5.69 Å². The van der Waals surface area contributed by atoms with Gasteiger partial charge in [0.25, 0.3) is 0 Å². The van der Waals surface area contributed by atoms with E-state index >= 15 is 0 Å². The molecule has 0 fully saturated rings. The van der Waals surface area contributed by atoms with Crippen molar-refractivity contribution >= 4 is 0 Å². The second-order valence-electron chi connectivity index (χ2n) is 4.41. The summed E-state index contributed by atoms with van der Waals surface area (Å²) in [6.07, 6.45) is 1.54. The van der Waals surface area contributed by atoms with Crippen molar-refractivity contribution < 1.29 is 9.13 Å². The van der Waals surface area contributed by atoms with E-state index in [-0.39, 0.29) is 12.6 Å². The zero-order chi connectivity index (χ0) is 14.7. The van der Waals surface area contributed by atoms with Crippen molar-refractivity contribution in [3.8, 4) is 17.4 Å². The average Bonchev–Trinajstić information content (AvgIpc) is 2.96. The monoisotopic (exact) mass is 284 g/mol. The van der Waals surface area contributed by atoms with Crippen LogP contribution in [0.3, 0.4) is 0 Å². The van der Waals surface area contributed by atoms with Gasteiger partial charge in [-0.2, -0.15) is 4.98 Å². The summed E-state index contributed by atoms with van der Waals surface area (Å²) in [7, 11) is 0. The number of hydrogen-bond donors (Lipinski definition) is 1. The first-order chi connectivity index (χ1) is 10.2. The lowest BCUT2D eigenvalue weighted by atomic mass is 10.2. The lowest BCUT2D eigenvalue weighted by Crippen LogP contribution is -1.98. The lowest BCUT2D eigenvalue weighted by Gasteiger charge is -2.04. The molecule has 2 aromatic carbocycles. The largest absolute Gasteiger partial charge is 0.423 e. The van der Waals surface area contributed by atoms with E-state index in [1.807, 2.05) is 30.3 Å². The third-order valence-electron chi connectivity index (χ3n) is 2.87. The van der Waals surface area contributed by atoms with E-state index in [2.05, 4.69) is 10.1 Å². The van der Waals surface area contributed by atoms with Crippen molar-refractivity contribution in [3.63, 3.8) is 0 Å². The molecule has 0 atom stereocenters. The van der Waals surface area contributed by atoms with Crippen molar-refractivity contribution in [1.29, 1.82) is 0 Å². The number of halogens is 1. The number of nitrogens with two attached hydrogens (primary N) is 1. The van der Waals surface area contributed by atoms with Gasteiger partial charge in [0.15, 0.2) is 0 Å². The van der Waals surface area contributed by atoms with Crippen LogP contribution in [-0.2, 0) is 6.54 Å². The molecule has 3 aromatic rings. The van der Waals surface area contributed by atoms with Crippen molar-refractivity contribution in [2.24, 2.45) is 5.73 Å². The van der Waals surface area contributed by atoms with Gasteiger partial charge in [0, 0.05) is 12.6 Å². The number of ether oxygens (including phenoxy) is 1. The summed E-state index contributed by atoms with van der Waals surface area (Å²) in [5, 5.41) is 4.19. The quantitative estimate of drug-likeness (QED) is 0.800. The number of para-hydroxylation sites is 1. The first kappa shape index (κ1) is 13.3. The second kappa shape index (κ2) is 5.72. The van der Waals surface area contributed by atoms with E-state index in [4.69, 9.17) is 10.5 Å². The van der Waals surface area contributed by atoms with Crippen LogP contribution < -0.4 is 10.5 Å². The Morgan fingerprint density at radius 1 is 1.14 bits per heavy atom. The van der Waals surface area contributed by atoms with Crippen LogP contribution >= 0.6 is 0 Å². The molecule has 0 amide bonds. The molecule has 0 aliphatic carbocycles. The summed E-state index contributed by atoms with van der Waals surface area (Å²) in [5.41, 5.74) is 7.01. The van der Waals surface area contributed by atoms with E-state index in [0.717, 1.165) is 5.69 Å². The molecule has 106 valence electrons. The molecule has 0 saturated carbocycles. The fraction of sp³-hybridized carbons (Fsp3) is 0.0667. The van der Waals surface area contributed by atoms with Gasteiger partial charge in [0.05, 0.1) is 5.69 Å². The van der Waals surface area contributed by atoms with Crippen LogP contribution in [0.4, 0.5) is 4.39 Å². The molecule has 3 rings (SSSR count). The van der Waals surface area contributed by atoms with E-state index in [1.54, 1.807) is 10.7 Å². The van der Waals surface area contributed by atoms with Crippen LogP contribution in [0.15, 0.2) is 54.9 Å². The van der Waals surface area contributed by atoms with E-state index < -0.39 is 5.82 Å². The van der Waals surface area contributed by atoms with Gasteiger partial charge in [-0.3, -0.25) is 0 Å². The summed E-state index contributed by atoms with van der Waals surface area (Å²) >= 11 is 0. The summed E-state index contributed by atoms with van der Waals surface area (Å²) in [6, 6.07) is 13.9. The van der Waals surface area contributed by atoms with Gasteiger partial charge in [0.2, 0.25) is 0 Å². The fourth-order valence-corrected chi connectivity index (χ4v) is 1.90. The standard InChI is InChI=1S/C15H13FN4O/c16-12-6-11(9-17)7-14(8-12)21-15-18-10-20(19-15)13-4-2-1-3-5-13/h1-8,10H,9,17H2. The van der Waals surface area contributed by atoms with Gasteiger partial charge in [0.1, 0.15) is 17.9 Å². The number of hydrogen-bond acceptors (Lipinski definition) is 4. The minimum absolute atomic E-state index is 0.146. The SMILES string of the molecule is NCc1cc(F)cc(Oc2ncn(-c3ccccc3)n2)c1. The second-order valence-corrected chi connectivity index (χ2v) is 4.41. The highest BCUT2D eigenvalue weighted by molar-refractivity contribution is 5.32. The number of benzene rings is 2. The summed E-state index contributed by atoms with van der Waals surface area (Å²) in [6.45, 7) is 0.236. The molecule has 6 heteroatoms. The van der Waals surface area contributed by atoms with Gasteiger partial charge >= 0.3 is 6.01 Å². The zero-order valence-corrected chi connectivity index (χ0v) is 11.1. The smallest absolute Gasteiger partial charge is 0.341 e. The third kappa shape index (κ3) is 3.06. The molecule has 0 aliphatic rings. The van der Waals surface area contributed by atoms with Crippen molar-refractivity contribution in [3.05, 3.63) is 66.2 Å². The molecule has 0 bridgehead atoms.